The highest BCUT2D eigenvalue weighted by Crippen LogP contribution is 2.17. The maximum atomic E-state index is 11.9. The quantitative estimate of drug-likeness (QED) is 0.721. The van der Waals surface area contributed by atoms with E-state index in [4.69, 9.17) is 0 Å². The average Bonchev–Trinajstić information content (AvgIpc) is 2.35. The van der Waals surface area contributed by atoms with Crippen LogP contribution in [0.2, 0.25) is 0 Å². The third kappa shape index (κ3) is 2.80. The molecule has 1 aliphatic rings. The van der Waals surface area contributed by atoms with E-state index in [9.17, 15) is 14.7 Å². The summed E-state index contributed by atoms with van der Waals surface area (Å²) in [5.74, 6) is -0.0977. The largest absolute Gasteiger partial charge is 0.508 e. The first kappa shape index (κ1) is 12.4. The average molecular weight is 248 g/mol. The van der Waals surface area contributed by atoms with E-state index >= 15 is 0 Å². The van der Waals surface area contributed by atoms with Crippen LogP contribution in [0, 0.1) is 6.92 Å². The molecule has 0 bridgehead atoms. The van der Waals surface area contributed by atoms with Crippen molar-refractivity contribution in [2.45, 2.75) is 25.8 Å². The van der Waals surface area contributed by atoms with Crippen LogP contribution < -0.4 is 10.6 Å². The predicted molar refractivity (Wildman–Crippen MR) is 66.3 cm³/mol. The van der Waals surface area contributed by atoms with Gasteiger partial charge in [0.2, 0.25) is 5.91 Å². The van der Waals surface area contributed by atoms with Crippen molar-refractivity contribution in [3.63, 3.8) is 0 Å². The van der Waals surface area contributed by atoms with Crippen molar-refractivity contribution in [3.05, 3.63) is 29.3 Å². The number of nitrogens with one attached hydrogen (secondary N) is 2. The normalized spacial score (nSPS) is 19.2. The number of hydrogen-bond donors (Lipinski definition) is 3. The van der Waals surface area contributed by atoms with E-state index in [-0.39, 0.29) is 23.6 Å². The van der Waals surface area contributed by atoms with Crippen LogP contribution in [0.25, 0.3) is 0 Å². The molecule has 0 aromatic heterocycles. The predicted octanol–water partition coefficient (Wildman–Crippen LogP) is 0.709. The fourth-order valence-electron chi connectivity index (χ4n) is 1.88. The molecule has 1 heterocycles. The SMILES string of the molecule is Cc1ccc(C(=O)NC2CCC(=O)NC2)cc1O. The van der Waals surface area contributed by atoms with Crippen molar-refractivity contribution in [1.82, 2.24) is 10.6 Å². The maximum absolute atomic E-state index is 11.9. The highest BCUT2D eigenvalue weighted by molar-refractivity contribution is 5.95. The first-order valence-electron chi connectivity index (χ1n) is 5.93. The molecule has 1 aliphatic heterocycles. The molecule has 1 aromatic carbocycles. The minimum Gasteiger partial charge on any atom is -0.508 e. The number of rotatable bonds is 2. The number of piperidine rings is 1. The number of aromatic hydroxyl groups is 1. The molecule has 5 nitrogen and oxygen atoms in total. The van der Waals surface area contributed by atoms with Gasteiger partial charge in [0.15, 0.2) is 0 Å². The van der Waals surface area contributed by atoms with E-state index in [2.05, 4.69) is 10.6 Å². The fraction of sp³-hybridized carbons (Fsp3) is 0.385. The molecule has 1 fully saturated rings. The summed E-state index contributed by atoms with van der Waals surface area (Å²) in [6.07, 6.45) is 1.08. The van der Waals surface area contributed by atoms with Crippen LogP contribution in [-0.2, 0) is 4.79 Å². The molecule has 96 valence electrons. The van der Waals surface area contributed by atoms with Gasteiger partial charge in [-0.15, -0.1) is 0 Å². The molecule has 2 amide bonds. The van der Waals surface area contributed by atoms with Gasteiger partial charge in [0.05, 0.1) is 0 Å². The summed E-state index contributed by atoms with van der Waals surface area (Å²) in [6.45, 7) is 2.23. The van der Waals surface area contributed by atoms with Crippen molar-refractivity contribution in [2.75, 3.05) is 6.54 Å². The van der Waals surface area contributed by atoms with E-state index in [1.54, 1.807) is 19.1 Å². The van der Waals surface area contributed by atoms with Gasteiger partial charge in [0.1, 0.15) is 5.75 Å². The molecule has 18 heavy (non-hydrogen) atoms. The highest BCUT2D eigenvalue weighted by atomic mass is 16.3. The van der Waals surface area contributed by atoms with E-state index < -0.39 is 0 Å². The minimum absolute atomic E-state index is 0.0217. The molecule has 3 N–H and O–H groups in total. The van der Waals surface area contributed by atoms with Crippen LogP contribution in [0.3, 0.4) is 0 Å². The summed E-state index contributed by atoms with van der Waals surface area (Å²) in [7, 11) is 0. The lowest BCUT2D eigenvalue weighted by molar-refractivity contribution is -0.122. The lowest BCUT2D eigenvalue weighted by Crippen LogP contribution is -2.47. The summed E-state index contributed by atoms with van der Waals surface area (Å²) in [4.78, 5) is 22.9. The van der Waals surface area contributed by atoms with Gasteiger partial charge in [-0.1, -0.05) is 6.07 Å². The number of phenolic OH excluding ortho intramolecular Hbond substituents is 1. The molecule has 1 saturated heterocycles. The summed E-state index contributed by atoms with van der Waals surface area (Å²) in [6, 6.07) is 4.78. The number of aryl methyl sites for hydroxylation is 1. The number of carbonyl (C=O) groups is 2. The van der Waals surface area contributed by atoms with Crippen molar-refractivity contribution < 1.29 is 14.7 Å². The Bertz CT molecular complexity index is 475. The van der Waals surface area contributed by atoms with Crippen LogP contribution in [0.1, 0.15) is 28.8 Å². The van der Waals surface area contributed by atoms with Gasteiger partial charge in [-0.25, -0.2) is 0 Å². The standard InChI is InChI=1S/C13H16N2O3/c1-8-2-3-9(6-11(8)16)13(18)15-10-4-5-12(17)14-7-10/h2-3,6,10,16H,4-5,7H2,1H3,(H,14,17)(H,15,18). The van der Waals surface area contributed by atoms with Gasteiger partial charge in [-0.05, 0) is 31.0 Å². The molecule has 1 unspecified atom stereocenters. The Labute approximate surface area is 105 Å². The molecule has 2 rings (SSSR count). The molecule has 1 aromatic rings. The zero-order valence-corrected chi connectivity index (χ0v) is 10.2. The molecule has 0 saturated carbocycles. The molecule has 0 radical (unpaired) electrons. The van der Waals surface area contributed by atoms with E-state index in [0.717, 1.165) is 5.56 Å². The van der Waals surface area contributed by atoms with Crippen molar-refractivity contribution in [1.29, 1.82) is 0 Å². The van der Waals surface area contributed by atoms with Gasteiger partial charge < -0.3 is 15.7 Å². The highest BCUT2D eigenvalue weighted by Gasteiger charge is 2.20. The first-order valence-corrected chi connectivity index (χ1v) is 5.93. The number of carbonyl (C=O) groups excluding carboxylic acids is 2. The minimum atomic E-state index is -0.230. The van der Waals surface area contributed by atoms with Crippen molar-refractivity contribution in [3.8, 4) is 5.75 Å². The fourth-order valence-corrected chi connectivity index (χ4v) is 1.88. The number of phenols is 1. The van der Waals surface area contributed by atoms with E-state index in [1.807, 2.05) is 0 Å². The van der Waals surface area contributed by atoms with Gasteiger partial charge in [0.25, 0.3) is 5.91 Å². The van der Waals surface area contributed by atoms with Gasteiger partial charge in [0, 0.05) is 24.6 Å². The van der Waals surface area contributed by atoms with E-state index in [0.29, 0.717) is 24.9 Å². The topological polar surface area (TPSA) is 78.4 Å². The van der Waals surface area contributed by atoms with Crippen molar-refractivity contribution >= 4 is 11.8 Å². The Kier molecular flexibility index (Phi) is 3.50. The summed E-state index contributed by atoms with van der Waals surface area (Å²) < 4.78 is 0. The zero-order chi connectivity index (χ0) is 13.1. The Morgan fingerprint density at radius 3 is 2.89 bits per heavy atom. The smallest absolute Gasteiger partial charge is 0.251 e. The van der Waals surface area contributed by atoms with Crippen LogP contribution in [-0.4, -0.2) is 29.5 Å². The first-order chi connectivity index (χ1) is 8.56. The lowest BCUT2D eigenvalue weighted by atomic mass is 10.1. The third-order valence-corrected chi connectivity index (χ3v) is 3.07. The van der Waals surface area contributed by atoms with Gasteiger partial charge in [-0.2, -0.15) is 0 Å². The van der Waals surface area contributed by atoms with Gasteiger partial charge >= 0.3 is 0 Å². The van der Waals surface area contributed by atoms with E-state index in [1.165, 1.54) is 6.07 Å². The monoisotopic (exact) mass is 248 g/mol. The van der Waals surface area contributed by atoms with Crippen LogP contribution in [0.5, 0.6) is 5.75 Å². The van der Waals surface area contributed by atoms with Crippen LogP contribution >= 0.6 is 0 Å². The number of amides is 2. The zero-order valence-electron chi connectivity index (χ0n) is 10.2. The molecule has 0 spiro atoms. The van der Waals surface area contributed by atoms with Gasteiger partial charge in [-0.3, -0.25) is 9.59 Å². The Morgan fingerprint density at radius 1 is 1.50 bits per heavy atom. The molecular weight excluding hydrogens is 232 g/mol. The Morgan fingerprint density at radius 2 is 2.28 bits per heavy atom. The summed E-state index contributed by atoms with van der Waals surface area (Å²) in [5, 5.41) is 15.1. The summed E-state index contributed by atoms with van der Waals surface area (Å²) >= 11 is 0. The Balaban J connectivity index is 1.99. The van der Waals surface area contributed by atoms with Crippen molar-refractivity contribution in [2.24, 2.45) is 0 Å². The second-order valence-electron chi connectivity index (χ2n) is 4.51. The Hall–Kier alpha value is -2.04. The molecule has 1 atom stereocenters. The summed E-state index contributed by atoms with van der Waals surface area (Å²) in [5.41, 5.74) is 1.16. The van der Waals surface area contributed by atoms with Crippen LogP contribution in [0.4, 0.5) is 0 Å². The third-order valence-electron chi connectivity index (χ3n) is 3.07. The van der Waals surface area contributed by atoms with Crippen LogP contribution in [0.15, 0.2) is 18.2 Å². The molecular formula is C13H16N2O3. The molecule has 0 aliphatic carbocycles. The second-order valence-corrected chi connectivity index (χ2v) is 4.51. The maximum Gasteiger partial charge on any atom is 0.251 e. The number of hydrogen-bond acceptors (Lipinski definition) is 3. The molecule has 5 heteroatoms. The lowest BCUT2D eigenvalue weighted by Gasteiger charge is -2.23. The second kappa shape index (κ2) is 5.08. The number of benzene rings is 1.